The lowest BCUT2D eigenvalue weighted by molar-refractivity contribution is -0.110. The first-order valence-electron chi connectivity index (χ1n) is 14.0. The quantitative estimate of drug-likeness (QED) is 0.299. The summed E-state index contributed by atoms with van der Waals surface area (Å²) in [5.41, 5.74) is 7.27. The number of aliphatic hydroxyl groups is 3. The number of carbonyl (C=O) groups is 1. The van der Waals surface area contributed by atoms with Crippen molar-refractivity contribution < 1.29 is 20.1 Å². The average Bonchev–Trinajstić information content (AvgIpc) is 2.92. The van der Waals surface area contributed by atoms with Crippen LogP contribution in [0.25, 0.3) is 0 Å². The molecular formula is C32H43N3O4. The topological polar surface area (TPSA) is 96.6 Å². The molecular weight excluding hydrogens is 490 g/mol. The molecule has 7 nitrogen and oxygen atoms in total. The molecule has 3 N–H and O–H groups in total. The predicted molar refractivity (Wildman–Crippen MR) is 161 cm³/mol. The molecule has 0 radical (unpaired) electrons. The summed E-state index contributed by atoms with van der Waals surface area (Å²) in [6, 6.07) is 12.1. The van der Waals surface area contributed by atoms with E-state index in [4.69, 9.17) is 4.99 Å². The number of likely N-dealkylation sites (N-methyl/N-ethyl adjacent to an activating group) is 2. The number of hydrogen-bond donors (Lipinski definition) is 3. The summed E-state index contributed by atoms with van der Waals surface area (Å²) in [6.45, 7) is 13.0. The van der Waals surface area contributed by atoms with Crippen molar-refractivity contribution in [2.24, 2.45) is 4.99 Å². The molecule has 0 spiro atoms. The molecule has 0 atom stereocenters. The molecule has 210 valence electrons. The number of nitrogens with zero attached hydrogens (tertiary/aromatic N) is 3. The van der Waals surface area contributed by atoms with Gasteiger partial charge in [0.1, 0.15) is 11.5 Å². The Kier molecular flexibility index (Phi) is 10.9. The largest absolute Gasteiger partial charge is 0.507 e. The summed E-state index contributed by atoms with van der Waals surface area (Å²) in [7, 11) is 0. The summed E-state index contributed by atoms with van der Waals surface area (Å²) in [4.78, 5) is 22.3. The number of rotatable bonds is 13. The number of aliphatic hydroxyl groups excluding tert-OH is 3. The number of anilines is 2. The second-order valence-corrected chi connectivity index (χ2v) is 9.94. The lowest BCUT2D eigenvalue weighted by atomic mass is 9.88. The molecule has 1 aliphatic carbocycles. The van der Waals surface area contributed by atoms with Crippen LogP contribution in [0.3, 0.4) is 0 Å². The maximum Gasteiger partial charge on any atom is 0.211 e. The summed E-state index contributed by atoms with van der Waals surface area (Å²) >= 11 is 0. The van der Waals surface area contributed by atoms with Gasteiger partial charge in [0.25, 0.3) is 0 Å². The average molecular weight is 534 g/mol. The van der Waals surface area contributed by atoms with Gasteiger partial charge in [0, 0.05) is 55.1 Å². The molecule has 0 fully saturated rings. The number of aliphatic imine (C=N–C) groups is 1. The van der Waals surface area contributed by atoms with Crippen molar-refractivity contribution in [1.82, 2.24) is 0 Å². The Bertz CT molecular complexity index is 1260. The SMILES string of the molecule is CCCC1=C(O)C(Cc2ccc(N(CC)CCO)cc2C)=CC(=Nc2ccc(N(CC)CCO)cc2C)C1=O. The van der Waals surface area contributed by atoms with E-state index in [1.54, 1.807) is 6.08 Å². The van der Waals surface area contributed by atoms with E-state index >= 15 is 0 Å². The van der Waals surface area contributed by atoms with Gasteiger partial charge in [-0.1, -0.05) is 19.4 Å². The normalized spacial score (nSPS) is 14.7. The van der Waals surface area contributed by atoms with Crippen LogP contribution in [-0.4, -0.2) is 66.2 Å². The number of ketones is 1. The highest BCUT2D eigenvalue weighted by Gasteiger charge is 2.27. The van der Waals surface area contributed by atoms with Crippen molar-refractivity contribution in [2.75, 3.05) is 49.2 Å². The van der Waals surface area contributed by atoms with E-state index < -0.39 is 0 Å². The van der Waals surface area contributed by atoms with E-state index in [2.05, 4.69) is 28.9 Å². The number of aryl methyl sites for hydroxylation is 2. The molecule has 3 rings (SSSR count). The van der Waals surface area contributed by atoms with Crippen LogP contribution < -0.4 is 9.80 Å². The zero-order chi connectivity index (χ0) is 28.5. The zero-order valence-corrected chi connectivity index (χ0v) is 24.0. The number of carbonyl (C=O) groups excluding carboxylic acids is 1. The maximum atomic E-state index is 13.4. The summed E-state index contributed by atoms with van der Waals surface area (Å²) in [5, 5.41) is 29.9. The third-order valence-corrected chi connectivity index (χ3v) is 7.27. The Morgan fingerprint density at radius 2 is 1.44 bits per heavy atom. The van der Waals surface area contributed by atoms with E-state index in [-0.39, 0.29) is 24.8 Å². The van der Waals surface area contributed by atoms with Crippen LogP contribution in [0.15, 0.2) is 64.4 Å². The Morgan fingerprint density at radius 3 is 1.95 bits per heavy atom. The van der Waals surface area contributed by atoms with Gasteiger partial charge in [-0.3, -0.25) is 4.79 Å². The van der Waals surface area contributed by atoms with Gasteiger partial charge in [-0.25, -0.2) is 4.99 Å². The second-order valence-electron chi connectivity index (χ2n) is 9.94. The van der Waals surface area contributed by atoms with Crippen LogP contribution in [-0.2, 0) is 11.2 Å². The van der Waals surface area contributed by atoms with Gasteiger partial charge < -0.3 is 25.1 Å². The molecule has 2 aromatic rings. The van der Waals surface area contributed by atoms with Gasteiger partial charge in [-0.2, -0.15) is 0 Å². The molecule has 0 unspecified atom stereocenters. The molecule has 0 amide bonds. The molecule has 0 bridgehead atoms. The number of benzene rings is 2. The van der Waals surface area contributed by atoms with Gasteiger partial charge >= 0.3 is 0 Å². The van der Waals surface area contributed by atoms with E-state index in [1.165, 1.54) is 0 Å². The molecule has 0 saturated carbocycles. The Morgan fingerprint density at radius 1 is 0.846 bits per heavy atom. The monoisotopic (exact) mass is 533 g/mol. The van der Waals surface area contributed by atoms with Crippen molar-refractivity contribution >= 4 is 28.6 Å². The molecule has 0 saturated heterocycles. The fourth-order valence-corrected chi connectivity index (χ4v) is 5.01. The zero-order valence-electron chi connectivity index (χ0n) is 24.0. The molecule has 0 aromatic heterocycles. The first kappa shape index (κ1) is 30.1. The smallest absolute Gasteiger partial charge is 0.211 e. The summed E-state index contributed by atoms with van der Waals surface area (Å²) < 4.78 is 0. The minimum absolute atomic E-state index is 0.0643. The Hall–Kier alpha value is -3.42. The van der Waals surface area contributed by atoms with Crippen molar-refractivity contribution in [1.29, 1.82) is 0 Å². The van der Waals surface area contributed by atoms with Crippen LogP contribution in [0.1, 0.15) is 50.3 Å². The molecule has 0 heterocycles. The van der Waals surface area contributed by atoms with Gasteiger partial charge in [-0.05, 0) is 87.2 Å². The standard InChI is InChI=1S/C32H43N3O4/c1-6-9-28-31(38)25(20-24-10-11-26(18-22(24)4)34(7-2)14-16-36)21-30(32(28)39)33-29-13-12-27(19-23(29)5)35(8-3)15-17-37/h10-13,18-19,21,36-38H,6-9,14-17,20H2,1-5H3. The maximum absolute atomic E-state index is 13.4. The van der Waals surface area contributed by atoms with E-state index in [9.17, 15) is 20.1 Å². The Balaban J connectivity index is 1.98. The lowest BCUT2D eigenvalue weighted by Crippen LogP contribution is -2.26. The number of Topliss-reactive ketones (excluding diaryl/α,β-unsaturated/α-hetero) is 1. The van der Waals surface area contributed by atoms with Crippen LogP contribution in [0, 0.1) is 13.8 Å². The van der Waals surface area contributed by atoms with Crippen LogP contribution in [0.2, 0.25) is 0 Å². The van der Waals surface area contributed by atoms with E-state index in [0.29, 0.717) is 48.5 Å². The van der Waals surface area contributed by atoms with Gasteiger partial charge in [0.05, 0.1) is 18.9 Å². The molecule has 7 heteroatoms. The van der Waals surface area contributed by atoms with Crippen molar-refractivity contribution in [3.63, 3.8) is 0 Å². The van der Waals surface area contributed by atoms with Crippen molar-refractivity contribution in [2.45, 2.75) is 53.9 Å². The molecule has 2 aromatic carbocycles. The lowest BCUT2D eigenvalue weighted by Gasteiger charge is -2.24. The molecule has 1 aliphatic rings. The first-order chi connectivity index (χ1) is 18.8. The van der Waals surface area contributed by atoms with Crippen LogP contribution in [0.5, 0.6) is 0 Å². The fourth-order valence-electron chi connectivity index (χ4n) is 5.01. The van der Waals surface area contributed by atoms with Crippen LogP contribution >= 0.6 is 0 Å². The number of hydrogen-bond acceptors (Lipinski definition) is 7. The van der Waals surface area contributed by atoms with Crippen LogP contribution in [0.4, 0.5) is 17.1 Å². The summed E-state index contributed by atoms with van der Waals surface area (Å²) in [6.07, 6.45) is 3.43. The van der Waals surface area contributed by atoms with E-state index in [1.807, 2.05) is 52.0 Å². The minimum atomic E-state index is -0.230. The van der Waals surface area contributed by atoms with Crippen molar-refractivity contribution in [3.05, 3.63) is 76.1 Å². The Labute approximate surface area is 232 Å². The van der Waals surface area contributed by atoms with Crippen molar-refractivity contribution in [3.8, 4) is 0 Å². The highest BCUT2D eigenvalue weighted by molar-refractivity contribution is 6.51. The third-order valence-electron chi connectivity index (χ3n) is 7.27. The predicted octanol–water partition coefficient (Wildman–Crippen LogP) is 5.38. The van der Waals surface area contributed by atoms with E-state index in [0.717, 1.165) is 47.6 Å². The third kappa shape index (κ3) is 7.16. The number of allylic oxidation sites excluding steroid dienone is 3. The fraction of sp³-hybridized carbons (Fsp3) is 0.438. The first-order valence-corrected chi connectivity index (χ1v) is 14.0. The van der Waals surface area contributed by atoms with Gasteiger partial charge in [-0.15, -0.1) is 0 Å². The molecule has 0 aliphatic heterocycles. The second kappa shape index (κ2) is 14.1. The minimum Gasteiger partial charge on any atom is -0.507 e. The molecule has 39 heavy (non-hydrogen) atoms. The summed E-state index contributed by atoms with van der Waals surface area (Å²) in [5.74, 6) is -0.166. The van der Waals surface area contributed by atoms with Gasteiger partial charge in [0.15, 0.2) is 0 Å². The highest BCUT2D eigenvalue weighted by Crippen LogP contribution is 2.31. The highest BCUT2D eigenvalue weighted by atomic mass is 16.3. The van der Waals surface area contributed by atoms with Gasteiger partial charge in [0.2, 0.25) is 5.78 Å².